The second kappa shape index (κ2) is 10.1. The van der Waals surface area contributed by atoms with Crippen LogP contribution in [0, 0.1) is 33.5 Å². The van der Waals surface area contributed by atoms with Crippen LogP contribution >= 0.6 is 0 Å². The molecule has 0 bridgehead atoms. The predicted molar refractivity (Wildman–Crippen MR) is 148 cm³/mol. The lowest BCUT2D eigenvalue weighted by molar-refractivity contribution is -0.136. The zero-order chi connectivity index (χ0) is 28.0. The Labute approximate surface area is 226 Å². The highest BCUT2D eigenvalue weighted by Gasteiger charge is 2.26. The number of fused-ring (bicyclic) bond motifs is 2. The SMILES string of the molecule is Cc1ccc2c(c1)N(C)C[C@@H](COc1cc(C)c(C(=O)n3c(C)c(CC(=O)O)c4cc(F)ccc43)cc1C)O2. The molecule has 0 radical (unpaired) electrons. The molecule has 1 aromatic heterocycles. The first kappa shape index (κ1) is 26.3. The van der Waals surface area contributed by atoms with Gasteiger partial charge in [0, 0.05) is 23.7 Å². The summed E-state index contributed by atoms with van der Waals surface area (Å²) >= 11 is 0. The Morgan fingerprint density at radius 2 is 1.82 bits per heavy atom. The van der Waals surface area contributed by atoms with Gasteiger partial charge in [-0.15, -0.1) is 0 Å². The van der Waals surface area contributed by atoms with Gasteiger partial charge in [0.15, 0.2) is 0 Å². The van der Waals surface area contributed by atoms with E-state index in [0.717, 1.165) is 17.0 Å². The van der Waals surface area contributed by atoms with Gasteiger partial charge in [-0.05, 0) is 92.4 Å². The van der Waals surface area contributed by atoms with Gasteiger partial charge in [0.1, 0.15) is 30.0 Å². The number of carbonyl (C=O) groups excluding carboxylic acids is 1. The summed E-state index contributed by atoms with van der Waals surface area (Å²) in [5, 5.41) is 9.82. The third-order valence-corrected chi connectivity index (χ3v) is 7.30. The van der Waals surface area contributed by atoms with Gasteiger partial charge in [-0.2, -0.15) is 0 Å². The fourth-order valence-electron chi connectivity index (χ4n) is 5.30. The molecular weight excluding hydrogens is 499 g/mol. The number of halogens is 1. The number of carbonyl (C=O) groups is 2. The van der Waals surface area contributed by atoms with Crippen LogP contribution in [0.25, 0.3) is 10.9 Å². The number of hydrogen-bond donors (Lipinski definition) is 1. The largest absolute Gasteiger partial charge is 0.489 e. The van der Waals surface area contributed by atoms with Crippen LogP contribution in [0.4, 0.5) is 10.1 Å². The van der Waals surface area contributed by atoms with Gasteiger partial charge in [0.05, 0.1) is 24.2 Å². The molecule has 8 heteroatoms. The maximum Gasteiger partial charge on any atom is 0.307 e. The lowest BCUT2D eigenvalue weighted by Gasteiger charge is -2.34. The molecule has 1 aliphatic rings. The van der Waals surface area contributed by atoms with Gasteiger partial charge in [-0.1, -0.05) is 6.07 Å². The molecule has 0 fully saturated rings. The lowest BCUT2D eigenvalue weighted by atomic mass is 10.0. The zero-order valence-corrected chi connectivity index (χ0v) is 22.7. The summed E-state index contributed by atoms with van der Waals surface area (Å²) in [6, 6.07) is 13.8. The number of likely N-dealkylation sites (N-methyl/N-ethyl adjacent to an activating group) is 1. The van der Waals surface area contributed by atoms with Crippen molar-refractivity contribution in [3.63, 3.8) is 0 Å². The van der Waals surface area contributed by atoms with E-state index in [2.05, 4.69) is 17.9 Å². The number of aliphatic carboxylic acids is 1. The Morgan fingerprint density at radius 3 is 2.56 bits per heavy atom. The monoisotopic (exact) mass is 530 g/mol. The van der Waals surface area contributed by atoms with E-state index in [1.165, 1.54) is 28.3 Å². The molecule has 0 amide bonds. The van der Waals surface area contributed by atoms with E-state index in [1.807, 2.05) is 39.1 Å². The number of ether oxygens (including phenoxy) is 2. The normalized spacial score (nSPS) is 14.7. The highest BCUT2D eigenvalue weighted by atomic mass is 19.1. The minimum atomic E-state index is -1.05. The number of benzene rings is 3. The molecule has 0 spiro atoms. The van der Waals surface area contributed by atoms with Gasteiger partial charge in [-0.3, -0.25) is 14.2 Å². The lowest BCUT2D eigenvalue weighted by Crippen LogP contribution is -2.41. The minimum absolute atomic E-state index is 0.159. The van der Waals surface area contributed by atoms with Crippen molar-refractivity contribution >= 4 is 28.5 Å². The van der Waals surface area contributed by atoms with Crippen LogP contribution in [0.5, 0.6) is 11.5 Å². The van der Waals surface area contributed by atoms with E-state index in [0.29, 0.717) is 52.2 Å². The highest BCUT2D eigenvalue weighted by Crippen LogP contribution is 2.34. The number of carboxylic acids is 1. The van der Waals surface area contributed by atoms with E-state index in [9.17, 15) is 19.1 Å². The standard InChI is InChI=1S/C31H31FN2O5/c1-17-6-9-28-27(10-17)33(5)15-22(39-28)16-38-29-12-18(2)23(11-19(29)3)31(37)34-20(4)24(14-30(35)36)25-13-21(32)7-8-26(25)34/h6-13,22H,14-16H2,1-5H3,(H,35,36)/t22-/m0/s1. The molecule has 2 heterocycles. The molecule has 1 aliphatic heterocycles. The second-order valence-electron chi connectivity index (χ2n) is 10.3. The van der Waals surface area contributed by atoms with Gasteiger partial charge in [0.25, 0.3) is 5.91 Å². The van der Waals surface area contributed by atoms with Crippen LogP contribution in [0.3, 0.4) is 0 Å². The summed E-state index contributed by atoms with van der Waals surface area (Å²) in [5.41, 5.74) is 5.58. The quantitative estimate of drug-likeness (QED) is 0.349. The van der Waals surface area contributed by atoms with Crippen LogP contribution in [0.1, 0.15) is 38.3 Å². The van der Waals surface area contributed by atoms with E-state index >= 15 is 0 Å². The van der Waals surface area contributed by atoms with E-state index in [-0.39, 0.29) is 18.4 Å². The molecule has 39 heavy (non-hydrogen) atoms. The predicted octanol–water partition coefficient (Wildman–Crippen LogP) is 5.61. The summed E-state index contributed by atoms with van der Waals surface area (Å²) < 4.78 is 27.8. The number of hydrogen-bond acceptors (Lipinski definition) is 5. The van der Waals surface area contributed by atoms with Gasteiger partial charge < -0.3 is 19.5 Å². The van der Waals surface area contributed by atoms with Crippen LogP contribution in [0.15, 0.2) is 48.5 Å². The minimum Gasteiger partial charge on any atom is -0.489 e. The number of carboxylic acid groups (broad SMARTS) is 1. The molecule has 7 nitrogen and oxygen atoms in total. The Kier molecular flexibility index (Phi) is 6.80. The molecule has 202 valence electrons. The molecule has 0 saturated carbocycles. The number of nitrogens with zero attached hydrogens (tertiary/aromatic N) is 2. The molecule has 1 atom stereocenters. The average Bonchev–Trinajstić information content (AvgIpc) is 3.14. The Hall–Kier alpha value is -4.33. The summed E-state index contributed by atoms with van der Waals surface area (Å²) in [6.45, 7) is 8.48. The van der Waals surface area contributed by atoms with Crippen molar-refractivity contribution in [2.24, 2.45) is 0 Å². The number of anilines is 1. The van der Waals surface area contributed by atoms with Crippen LogP contribution in [0.2, 0.25) is 0 Å². The number of rotatable bonds is 6. The van der Waals surface area contributed by atoms with Crippen LogP contribution < -0.4 is 14.4 Å². The van der Waals surface area contributed by atoms with Crippen LogP contribution in [-0.2, 0) is 11.2 Å². The van der Waals surface area contributed by atoms with Crippen molar-refractivity contribution in [2.75, 3.05) is 25.1 Å². The van der Waals surface area contributed by atoms with Gasteiger partial charge in [-0.25, -0.2) is 4.39 Å². The highest BCUT2D eigenvalue weighted by molar-refractivity contribution is 6.05. The maximum absolute atomic E-state index is 14.0. The first-order chi connectivity index (χ1) is 18.5. The molecule has 4 aromatic rings. The van der Waals surface area contributed by atoms with E-state index in [4.69, 9.17) is 9.47 Å². The third kappa shape index (κ3) is 4.94. The summed E-state index contributed by atoms with van der Waals surface area (Å²) in [7, 11) is 2.03. The Morgan fingerprint density at radius 1 is 1.05 bits per heavy atom. The molecular formula is C31H31FN2O5. The smallest absolute Gasteiger partial charge is 0.307 e. The molecule has 0 aliphatic carbocycles. The van der Waals surface area contributed by atoms with E-state index < -0.39 is 11.8 Å². The van der Waals surface area contributed by atoms with Crippen molar-refractivity contribution in [3.8, 4) is 11.5 Å². The van der Waals surface area contributed by atoms with Crippen LogP contribution in [-0.4, -0.2) is 47.9 Å². The molecule has 3 aromatic carbocycles. The molecule has 5 rings (SSSR count). The number of aromatic nitrogens is 1. The second-order valence-corrected chi connectivity index (χ2v) is 10.3. The Bertz CT molecular complexity index is 1620. The van der Waals surface area contributed by atoms with Crippen molar-refractivity contribution in [1.82, 2.24) is 4.57 Å². The average molecular weight is 531 g/mol. The fourth-order valence-corrected chi connectivity index (χ4v) is 5.30. The first-order valence-electron chi connectivity index (χ1n) is 12.8. The summed E-state index contributed by atoms with van der Waals surface area (Å²) in [5.74, 6) is -0.355. The fraction of sp³-hybridized carbons (Fsp3) is 0.290. The summed E-state index contributed by atoms with van der Waals surface area (Å²) in [4.78, 5) is 27.4. The molecule has 0 saturated heterocycles. The van der Waals surface area contributed by atoms with Gasteiger partial charge >= 0.3 is 5.97 Å². The van der Waals surface area contributed by atoms with Gasteiger partial charge in [0.2, 0.25) is 0 Å². The van der Waals surface area contributed by atoms with Crippen molar-refractivity contribution in [3.05, 3.63) is 87.9 Å². The Balaban J connectivity index is 1.40. The van der Waals surface area contributed by atoms with Crippen molar-refractivity contribution in [1.29, 1.82) is 0 Å². The third-order valence-electron chi connectivity index (χ3n) is 7.30. The van der Waals surface area contributed by atoms with Crippen molar-refractivity contribution < 1.29 is 28.6 Å². The topological polar surface area (TPSA) is 81.0 Å². The van der Waals surface area contributed by atoms with E-state index in [1.54, 1.807) is 13.0 Å². The molecule has 1 N–H and O–H groups in total. The first-order valence-corrected chi connectivity index (χ1v) is 12.8. The number of aryl methyl sites for hydroxylation is 3. The zero-order valence-electron chi connectivity index (χ0n) is 22.7. The summed E-state index contributed by atoms with van der Waals surface area (Å²) in [6.07, 6.45) is -0.465. The van der Waals surface area contributed by atoms with Crippen molar-refractivity contribution in [2.45, 2.75) is 40.2 Å². The molecule has 0 unspecified atom stereocenters. The maximum atomic E-state index is 14.0.